The first-order valence-electron chi connectivity index (χ1n) is 5.01. The van der Waals surface area contributed by atoms with E-state index in [2.05, 4.69) is 37.0 Å². The molecule has 0 aliphatic carbocycles. The molecule has 1 aliphatic rings. The van der Waals surface area contributed by atoms with Crippen molar-refractivity contribution in [3.8, 4) is 0 Å². The van der Waals surface area contributed by atoms with Gasteiger partial charge in [-0.25, -0.2) is 0 Å². The summed E-state index contributed by atoms with van der Waals surface area (Å²) in [5.41, 5.74) is 0. The molecule has 1 fully saturated rings. The van der Waals surface area contributed by atoms with E-state index in [9.17, 15) is 0 Å². The molecular weight excluding hydrogens is 158 g/mol. The van der Waals surface area contributed by atoms with E-state index >= 15 is 0 Å². The van der Waals surface area contributed by atoms with Gasteiger partial charge in [-0.3, -0.25) is 0 Å². The lowest BCUT2D eigenvalue weighted by Gasteiger charge is -2.14. The van der Waals surface area contributed by atoms with E-state index in [-0.39, 0.29) is 0 Å². The van der Waals surface area contributed by atoms with Crippen LogP contribution in [0.4, 0.5) is 0 Å². The summed E-state index contributed by atoms with van der Waals surface area (Å²) in [6, 6.07) is 0. The van der Waals surface area contributed by atoms with E-state index in [1.165, 1.54) is 13.0 Å². The van der Waals surface area contributed by atoms with Gasteiger partial charge in [-0.1, -0.05) is 37.0 Å². The Morgan fingerprint density at radius 1 is 1.46 bits per heavy atom. The molecular formula is C12H19N. The minimum atomic E-state index is 0.581. The van der Waals surface area contributed by atoms with Gasteiger partial charge in [0.2, 0.25) is 0 Å². The van der Waals surface area contributed by atoms with Gasteiger partial charge in [0.1, 0.15) is 0 Å². The number of rotatable bonds is 4. The van der Waals surface area contributed by atoms with Gasteiger partial charge in [-0.05, 0) is 38.3 Å². The lowest BCUT2D eigenvalue weighted by atomic mass is 9.91. The summed E-state index contributed by atoms with van der Waals surface area (Å²) in [5, 5.41) is 3.39. The number of hydrogen-bond acceptors (Lipinski definition) is 1. The molecule has 0 bridgehead atoms. The second-order valence-corrected chi connectivity index (χ2v) is 3.48. The van der Waals surface area contributed by atoms with Gasteiger partial charge in [0.15, 0.2) is 0 Å². The molecule has 0 aromatic heterocycles. The van der Waals surface area contributed by atoms with Crippen molar-refractivity contribution in [3.05, 3.63) is 37.0 Å². The van der Waals surface area contributed by atoms with Crippen LogP contribution in [0.25, 0.3) is 0 Å². The molecule has 0 aromatic carbocycles. The Labute approximate surface area is 81.2 Å². The van der Waals surface area contributed by atoms with Gasteiger partial charge in [-0.2, -0.15) is 0 Å². The van der Waals surface area contributed by atoms with Crippen molar-refractivity contribution < 1.29 is 0 Å². The van der Waals surface area contributed by atoms with Crippen molar-refractivity contribution in [2.75, 3.05) is 13.1 Å². The molecule has 1 rings (SSSR count). The van der Waals surface area contributed by atoms with Gasteiger partial charge < -0.3 is 5.32 Å². The molecule has 0 spiro atoms. The Kier molecular flexibility index (Phi) is 4.55. The largest absolute Gasteiger partial charge is 0.316 e. The van der Waals surface area contributed by atoms with Gasteiger partial charge in [0.05, 0.1) is 0 Å². The summed E-state index contributed by atoms with van der Waals surface area (Å²) in [5.74, 6) is 1.35. The van der Waals surface area contributed by atoms with Crippen LogP contribution in [0.5, 0.6) is 0 Å². The van der Waals surface area contributed by atoms with Gasteiger partial charge in [0.25, 0.3) is 0 Å². The zero-order valence-electron chi connectivity index (χ0n) is 8.37. The van der Waals surface area contributed by atoms with Crippen LogP contribution in [0.1, 0.15) is 13.3 Å². The van der Waals surface area contributed by atoms with Crippen LogP contribution in [0.2, 0.25) is 0 Å². The highest BCUT2D eigenvalue weighted by molar-refractivity contribution is 5.08. The zero-order valence-corrected chi connectivity index (χ0v) is 8.37. The van der Waals surface area contributed by atoms with Crippen LogP contribution in [0, 0.1) is 11.8 Å². The molecule has 1 nitrogen and oxygen atoms in total. The molecule has 2 atom stereocenters. The fourth-order valence-corrected chi connectivity index (χ4v) is 1.81. The van der Waals surface area contributed by atoms with Gasteiger partial charge in [-0.15, -0.1) is 0 Å². The van der Waals surface area contributed by atoms with E-state index in [1.807, 2.05) is 12.2 Å². The highest BCUT2D eigenvalue weighted by Crippen LogP contribution is 2.21. The summed E-state index contributed by atoms with van der Waals surface area (Å²) in [7, 11) is 0. The van der Waals surface area contributed by atoms with Crippen LogP contribution < -0.4 is 5.32 Å². The molecule has 0 aromatic rings. The molecule has 2 unspecified atom stereocenters. The Hall–Kier alpha value is -0.820. The smallest absolute Gasteiger partial charge is 0.000961 e. The quantitative estimate of drug-likeness (QED) is 0.514. The molecule has 1 N–H and O–H groups in total. The lowest BCUT2D eigenvalue weighted by Crippen LogP contribution is -2.14. The van der Waals surface area contributed by atoms with Crippen molar-refractivity contribution >= 4 is 0 Å². The molecule has 1 heterocycles. The van der Waals surface area contributed by atoms with Crippen molar-refractivity contribution in [3.63, 3.8) is 0 Å². The second kappa shape index (κ2) is 5.76. The predicted molar refractivity (Wildman–Crippen MR) is 58.6 cm³/mol. The first-order chi connectivity index (χ1) is 6.38. The third-order valence-electron chi connectivity index (χ3n) is 2.53. The minimum Gasteiger partial charge on any atom is -0.316 e. The summed E-state index contributed by atoms with van der Waals surface area (Å²) >= 11 is 0. The van der Waals surface area contributed by atoms with Crippen molar-refractivity contribution in [1.29, 1.82) is 0 Å². The second-order valence-electron chi connectivity index (χ2n) is 3.48. The molecule has 1 aliphatic heterocycles. The predicted octanol–water partition coefficient (Wildman–Crippen LogP) is 2.53. The van der Waals surface area contributed by atoms with Crippen molar-refractivity contribution in [2.45, 2.75) is 13.3 Å². The van der Waals surface area contributed by atoms with Crippen LogP contribution in [0.3, 0.4) is 0 Å². The first-order valence-corrected chi connectivity index (χ1v) is 5.01. The third kappa shape index (κ3) is 3.19. The van der Waals surface area contributed by atoms with Crippen molar-refractivity contribution in [1.82, 2.24) is 5.32 Å². The maximum atomic E-state index is 3.69. The molecule has 0 radical (unpaired) electrons. The Bertz CT molecular complexity index is 197. The topological polar surface area (TPSA) is 12.0 Å². The SMILES string of the molecule is C=CC=CC(/C=C\C)C1CCNC1. The summed E-state index contributed by atoms with van der Waals surface area (Å²) in [6.07, 6.45) is 11.8. The lowest BCUT2D eigenvalue weighted by molar-refractivity contribution is 0.498. The molecule has 1 saturated heterocycles. The van der Waals surface area contributed by atoms with E-state index in [1.54, 1.807) is 0 Å². The Morgan fingerprint density at radius 2 is 2.31 bits per heavy atom. The maximum absolute atomic E-state index is 3.69. The van der Waals surface area contributed by atoms with Crippen molar-refractivity contribution in [2.24, 2.45) is 11.8 Å². The van der Waals surface area contributed by atoms with E-state index < -0.39 is 0 Å². The fraction of sp³-hybridized carbons (Fsp3) is 0.500. The van der Waals surface area contributed by atoms with Crippen LogP contribution in [-0.2, 0) is 0 Å². The Balaban J connectivity index is 2.54. The van der Waals surface area contributed by atoms with E-state index in [0.717, 1.165) is 12.5 Å². The number of allylic oxidation sites excluding steroid dienone is 5. The minimum absolute atomic E-state index is 0.581. The number of hydrogen-bond donors (Lipinski definition) is 1. The van der Waals surface area contributed by atoms with E-state index in [4.69, 9.17) is 0 Å². The maximum Gasteiger partial charge on any atom is -0.000961 e. The van der Waals surface area contributed by atoms with Crippen LogP contribution in [-0.4, -0.2) is 13.1 Å². The normalized spacial score (nSPS) is 25.8. The average Bonchev–Trinajstić information content (AvgIpc) is 2.65. The van der Waals surface area contributed by atoms with Crippen LogP contribution in [0.15, 0.2) is 37.0 Å². The highest BCUT2D eigenvalue weighted by atomic mass is 14.9. The summed E-state index contributed by atoms with van der Waals surface area (Å²) in [4.78, 5) is 0. The van der Waals surface area contributed by atoms with Crippen LogP contribution >= 0.6 is 0 Å². The zero-order chi connectivity index (χ0) is 9.52. The molecule has 72 valence electrons. The third-order valence-corrected chi connectivity index (χ3v) is 2.53. The summed E-state index contributed by atoms with van der Waals surface area (Å²) in [6.45, 7) is 8.09. The molecule has 0 amide bonds. The highest BCUT2D eigenvalue weighted by Gasteiger charge is 2.20. The standard InChI is InChI=1S/C12H19N/c1-3-5-7-11(6-4-2)12-8-9-13-10-12/h3-7,11-13H,1,8-10H2,2H3/b6-4-,7-5?. The molecule has 1 heteroatoms. The summed E-state index contributed by atoms with van der Waals surface area (Å²) < 4.78 is 0. The average molecular weight is 177 g/mol. The fourth-order valence-electron chi connectivity index (χ4n) is 1.81. The monoisotopic (exact) mass is 177 g/mol. The number of nitrogens with one attached hydrogen (secondary N) is 1. The van der Waals surface area contributed by atoms with Gasteiger partial charge >= 0.3 is 0 Å². The Morgan fingerprint density at radius 3 is 2.85 bits per heavy atom. The van der Waals surface area contributed by atoms with Gasteiger partial charge in [0, 0.05) is 0 Å². The molecule has 13 heavy (non-hydrogen) atoms. The molecule has 0 saturated carbocycles. The first kappa shape index (κ1) is 10.3. The van der Waals surface area contributed by atoms with E-state index in [0.29, 0.717) is 5.92 Å².